The first-order chi connectivity index (χ1) is 11.7. The van der Waals surface area contributed by atoms with E-state index in [2.05, 4.69) is 10.6 Å². The SMILES string of the molecule is CCS(=O)(=O)c1cc(F)ccc1NC(=O)NC1CCC(C(=O)O)CC1. The molecule has 1 saturated carbocycles. The first-order valence-corrected chi connectivity index (χ1v) is 9.70. The van der Waals surface area contributed by atoms with Crippen LogP contribution in [-0.4, -0.2) is 37.3 Å². The van der Waals surface area contributed by atoms with Gasteiger partial charge in [-0.3, -0.25) is 4.79 Å². The van der Waals surface area contributed by atoms with Gasteiger partial charge in [-0.05, 0) is 43.9 Å². The molecule has 7 nitrogen and oxygen atoms in total. The monoisotopic (exact) mass is 372 g/mol. The number of aliphatic carboxylic acids is 1. The number of hydrogen-bond donors (Lipinski definition) is 3. The van der Waals surface area contributed by atoms with Crippen LogP contribution in [0.15, 0.2) is 23.1 Å². The number of carboxylic acid groups (broad SMARTS) is 1. The van der Waals surface area contributed by atoms with E-state index in [0.717, 1.165) is 12.1 Å². The Balaban J connectivity index is 2.03. The molecular formula is C16H21FN2O5S. The first kappa shape index (κ1) is 19.2. The van der Waals surface area contributed by atoms with Gasteiger partial charge in [0.2, 0.25) is 0 Å². The van der Waals surface area contributed by atoms with Crippen LogP contribution in [0.5, 0.6) is 0 Å². The lowest BCUT2D eigenvalue weighted by atomic mass is 9.86. The van der Waals surface area contributed by atoms with Gasteiger partial charge in [-0.1, -0.05) is 6.92 Å². The summed E-state index contributed by atoms with van der Waals surface area (Å²) in [6.45, 7) is 1.44. The summed E-state index contributed by atoms with van der Waals surface area (Å²) in [4.78, 5) is 22.8. The highest BCUT2D eigenvalue weighted by atomic mass is 32.2. The van der Waals surface area contributed by atoms with E-state index in [1.807, 2.05) is 0 Å². The van der Waals surface area contributed by atoms with Crippen molar-refractivity contribution in [1.82, 2.24) is 5.32 Å². The second-order valence-corrected chi connectivity index (χ2v) is 8.28. The van der Waals surface area contributed by atoms with Crippen LogP contribution in [0.2, 0.25) is 0 Å². The van der Waals surface area contributed by atoms with Gasteiger partial charge in [0.25, 0.3) is 0 Å². The smallest absolute Gasteiger partial charge is 0.319 e. The molecule has 2 amide bonds. The minimum Gasteiger partial charge on any atom is -0.481 e. The standard InChI is InChI=1S/C16H21FN2O5S/c1-2-25(23,24)14-9-11(17)5-8-13(14)19-16(22)18-12-6-3-10(4-7-12)15(20)21/h5,8-10,12H,2-4,6-7H2,1H3,(H,20,21)(H2,18,19,22). The number of amides is 2. The van der Waals surface area contributed by atoms with Crippen LogP contribution in [0.3, 0.4) is 0 Å². The van der Waals surface area contributed by atoms with Crippen molar-refractivity contribution in [3.8, 4) is 0 Å². The van der Waals surface area contributed by atoms with Crippen molar-refractivity contribution in [2.45, 2.75) is 43.5 Å². The van der Waals surface area contributed by atoms with E-state index < -0.39 is 27.7 Å². The maximum Gasteiger partial charge on any atom is 0.319 e. The van der Waals surface area contributed by atoms with Crippen molar-refractivity contribution in [1.29, 1.82) is 0 Å². The second-order valence-electron chi connectivity index (χ2n) is 6.03. The first-order valence-electron chi connectivity index (χ1n) is 8.05. The molecule has 0 heterocycles. The summed E-state index contributed by atoms with van der Waals surface area (Å²) in [5.41, 5.74) is 0.0139. The third-order valence-electron chi connectivity index (χ3n) is 4.32. The van der Waals surface area contributed by atoms with E-state index in [-0.39, 0.29) is 28.3 Å². The quantitative estimate of drug-likeness (QED) is 0.734. The Morgan fingerprint density at radius 2 is 1.88 bits per heavy atom. The van der Waals surface area contributed by atoms with Crippen LogP contribution in [-0.2, 0) is 14.6 Å². The zero-order chi connectivity index (χ0) is 18.6. The van der Waals surface area contributed by atoms with Crippen molar-refractivity contribution in [3.05, 3.63) is 24.0 Å². The van der Waals surface area contributed by atoms with Crippen molar-refractivity contribution in [2.24, 2.45) is 5.92 Å². The average Bonchev–Trinajstić information content (AvgIpc) is 2.56. The number of hydrogen-bond acceptors (Lipinski definition) is 4. The van der Waals surface area contributed by atoms with Crippen molar-refractivity contribution < 1.29 is 27.5 Å². The van der Waals surface area contributed by atoms with Gasteiger partial charge in [0.1, 0.15) is 5.82 Å². The molecule has 0 aliphatic heterocycles. The molecule has 1 fully saturated rings. The Morgan fingerprint density at radius 3 is 2.44 bits per heavy atom. The van der Waals surface area contributed by atoms with Crippen LogP contribution in [0.4, 0.5) is 14.9 Å². The minimum absolute atomic E-state index is 0.0139. The molecule has 0 spiro atoms. The third-order valence-corrected chi connectivity index (χ3v) is 6.09. The lowest BCUT2D eigenvalue weighted by Crippen LogP contribution is -2.41. The van der Waals surface area contributed by atoms with E-state index in [9.17, 15) is 22.4 Å². The summed E-state index contributed by atoms with van der Waals surface area (Å²) < 4.78 is 37.5. The second kappa shape index (κ2) is 7.81. The zero-order valence-corrected chi connectivity index (χ0v) is 14.6. The van der Waals surface area contributed by atoms with E-state index in [1.54, 1.807) is 0 Å². The van der Waals surface area contributed by atoms with E-state index in [4.69, 9.17) is 5.11 Å². The Labute approximate surface area is 145 Å². The highest BCUT2D eigenvalue weighted by molar-refractivity contribution is 7.91. The van der Waals surface area contributed by atoms with Crippen LogP contribution < -0.4 is 10.6 Å². The van der Waals surface area contributed by atoms with Gasteiger partial charge in [-0.2, -0.15) is 0 Å². The van der Waals surface area contributed by atoms with Gasteiger partial charge >= 0.3 is 12.0 Å². The molecule has 0 atom stereocenters. The van der Waals surface area contributed by atoms with Gasteiger partial charge in [0.05, 0.1) is 22.3 Å². The van der Waals surface area contributed by atoms with Gasteiger partial charge in [-0.25, -0.2) is 17.6 Å². The number of carbonyl (C=O) groups excluding carboxylic acids is 1. The average molecular weight is 372 g/mol. The van der Waals surface area contributed by atoms with Crippen LogP contribution >= 0.6 is 0 Å². The molecule has 0 unspecified atom stereocenters. The normalized spacial score (nSPS) is 20.7. The molecule has 1 aromatic rings. The number of rotatable bonds is 5. The molecule has 138 valence electrons. The van der Waals surface area contributed by atoms with Gasteiger partial charge in [0, 0.05) is 6.04 Å². The molecule has 1 aromatic carbocycles. The summed E-state index contributed by atoms with van der Waals surface area (Å²) in [7, 11) is -3.69. The molecule has 0 aromatic heterocycles. The van der Waals surface area contributed by atoms with E-state index >= 15 is 0 Å². The fourth-order valence-corrected chi connectivity index (χ4v) is 3.90. The summed E-state index contributed by atoms with van der Waals surface area (Å²) in [5, 5.41) is 14.1. The Morgan fingerprint density at radius 1 is 1.24 bits per heavy atom. The summed E-state index contributed by atoms with van der Waals surface area (Å²) in [6.07, 6.45) is 2.03. The largest absolute Gasteiger partial charge is 0.481 e. The predicted octanol–water partition coefficient (Wildman–Crippen LogP) is 2.38. The molecule has 2 rings (SSSR count). The summed E-state index contributed by atoms with van der Waals surface area (Å²) in [6, 6.07) is 2.38. The number of benzene rings is 1. The van der Waals surface area contributed by atoms with Crippen LogP contribution in [0.1, 0.15) is 32.6 Å². The third kappa shape index (κ3) is 4.91. The molecule has 1 aliphatic carbocycles. The number of anilines is 1. The summed E-state index contributed by atoms with van der Waals surface area (Å²) >= 11 is 0. The number of carboxylic acids is 1. The van der Waals surface area contributed by atoms with Crippen LogP contribution in [0, 0.1) is 11.7 Å². The Hall–Kier alpha value is -2.16. The molecule has 9 heteroatoms. The number of urea groups is 1. The number of nitrogens with one attached hydrogen (secondary N) is 2. The van der Waals surface area contributed by atoms with Crippen LogP contribution in [0.25, 0.3) is 0 Å². The summed E-state index contributed by atoms with van der Waals surface area (Å²) in [5.74, 6) is -2.14. The molecule has 0 saturated heterocycles. The number of halogens is 1. The molecular weight excluding hydrogens is 351 g/mol. The maximum atomic E-state index is 13.4. The van der Waals surface area contributed by atoms with Gasteiger partial charge in [-0.15, -0.1) is 0 Å². The lowest BCUT2D eigenvalue weighted by Gasteiger charge is -2.27. The maximum absolute atomic E-state index is 13.4. The lowest BCUT2D eigenvalue weighted by molar-refractivity contribution is -0.142. The highest BCUT2D eigenvalue weighted by Gasteiger charge is 2.27. The number of carbonyl (C=O) groups is 2. The van der Waals surface area contributed by atoms with Crippen molar-refractivity contribution >= 4 is 27.5 Å². The predicted molar refractivity (Wildman–Crippen MR) is 89.7 cm³/mol. The van der Waals surface area contributed by atoms with Gasteiger partial charge in [0.15, 0.2) is 9.84 Å². The van der Waals surface area contributed by atoms with E-state index in [0.29, 0.717) is 25.7 Å². The molecule has 3 N–H and O–H groups in total. The number of sulfone groups is 1. The Bertz CT molecular complexity index is 758. The topological polar surface area (TPSA) is 113 Å². The zero-order valence-electron chi connectivity index (χ0n) is 13.8. The molecule has 1 aliphatic rings. The molecule has 0 bridgehead atoms. The van der Waals surface area contributed by atoms with Gasteiger partial charge < -0.3 is 15.7 Å². The Kier molecular flexibility index (Phi) is 5.99. The highest BCUT2D eigenvalue weighted by Crippen LogP contribution is 2.26. The van der Waals surface area contributed by atoms with Crippen molar-refractivity contribution in [2.75, 3.05) is 11.1 Å². The molecule has 25 heavy (non-hydrogen) atoms. The fourth-order valence-electron chi connectivity index (χ4n) is 2.84. The van der Waals surface area contributed by atoms with Crippen molar-refractivity contribution in [3.63, 3.8) is 0 Å². The molecule has 0 radical (unpaired) electrons. The fraction of sp³-hybridized carbons (Fsp3) is 0.500. The minimum atomic E-state index is -3.69. The van der Waals surface area contributed by atoms with E-state index in [1.165, 1.54) is 13.0 Å².